The van der Waals surface area contributed by atoms with Crippen molar-refractivity contribution in [3.05, 3.63) is 106 Å². The Morgan fingerprint density at radius 3 is 2.31 bits per heavy atom. The van der Waals surface area contributed by atoms with Crippen molar-refractivity contribution < 1.29 is 72.5 Å². The molecule has 0 bridgehead atoms. The Kier molecular flexibility index (Phi) is 11.5. The van der Waals surface area contributed by atoms with Crippen LogP contribution in [0.5, 0.6) is 5.75 Å². The molecule has 284 valence electrons. The van der Waals surface area contributed by atoms with Crippen LogP contribution in [0.3, 0.4) is 0 Å². The number of aromatic carboxylic acids is 1. The zero-order valence-electron chi connectivity index (χ0n) is 27.9. The predicted octanol–water partition coefficient (Wildman–Crippen LogP) is 1.10. The van der Waals surface area contributed by atoms with Gasteiger partial charge in [-0.3, -0.25) is 23.5 Å². The topological polar surface area (TPSA) is 305 Å². The van der Waals surface area contributed by atoms with Gasteiger partial charge >= 0.3 is 21.2 Å². The highest BCUT2D eigenvalue weighted by Crippen LogP contribution is 2.68. The number of aromatic nitrogens is 1. The van der Waals surface area contributed by atoms with Gasteiger partial charge in [0.15, 0.2) is 24.4 Å². The van der Waals surface area contributed by atoms with Crippen LogP contribution in [0.25, 0.3) is 33.4 Å². The fourth-order valence-electron chi connectivity index (χ4n) is 5.69. The Hall–Kier alpha value is -5.29. The number of amides is 2. The summed E-state index contributed by atoms with van der Waals surface area (Å²) in [5, 5.41) is 42.5. The lowest BCUT2D eigenvalue weighted by Gasteiger charge is -2.28. The Morgan fingerprint density at radius 1 is 0.907 bits per heavy atom. The number of carboxylic acid groups (broad SMARTS) is 1. The van der Waals surface area contributed by atoms with E-state index in [0.29, 0.717) is 16.5 Å². The van der Waals surface area contributed by atoms with Crippen molar-refractivity contribution in [1.29, 1.82) is 0 Å². The smallest absolute Gasteiger partial charge is 0.369 e. The first-order valence-corrected chi connectivity index (χ1v) is 19.1. The van der Waals surface area contributed by atoms with E-state index in [1.807, 2.05) is 0 Å². The van der Waals surface area contributed by atoms with Crippen LogP contribution in [-0.2, 0) is 26.9 Å². The fourth-order valence-corrected chi connectivity index (χ4v) is 7.83. The van der Waals surface area contributed by atoms with Crippen LogP contribution >= 0.6 is 15.2 Å². The van der Waals surface area contributed by atoms with E-state index in [0.717, 1.165) is 0 Å². The summed E-state index contributed by atoms with van der Waals surface area (Å²) in [7, 11) is -11.4. The lowest BCUT2D eigenvalue weighted by atomic mass is 9.89. The van der Waals surface area contributed by atoms with Crippen molar-refractivity contribution in [3.8, 4) is 28.2 Å². The summed E-state index contributed by atoms with van der Waals surface area (Å²) in [6.07, 6.45) is 0.103. The van der Waals surface area contributed by atoms with Crippen LogP contribution in [0.15, 0.2) is 88.3 Å². The number of hydrogen-bond donors (Lipinski definition) is 10. The van der Waals surface area contributed by atoms with E-state index in [2.05, 4.69) is 10.6 Å². The molecule has 1 aromatic heterocycles. The maximum absolute atomic E-state index is 13.2. The maximum atomic E-state index is 13.2. The third-order valence-corrected chi connectivity index (χ3v) is 12.1. The molecule has 3 aromatic rings. The van der Waals surface area contributed by atoms with E-state index >= 15 is 0 Å². The molecule has 2 heterocycles. The Labute approximate surface area is 304 Å². The van der Waals surface area contributed by atoms with Gasteiger partial charge in [0.2, 0.25) is 5.91 Å². The molecule has 20 heteroatoms. The van der Waals surface area contributed by atoms with Crippen LogP contribution in [0, 0.1) is 0 Å². The number of benzene rings is 3. The van der Waals surface area contributed by atoms with Gasteiger partial charge in [-0.1, -0.05) is 0 Å². The normalized spacial score (nSPS) is 12.8. The van der Waals surface area contributed by atoms with E-state index in [9.17, 15) is 68.3 Å². The lowest BCUT2D eigenvalue weighted by molar-refractivity contribution is -0.703. The van der Waals surface area contributed by atoms with E-state index < -0.39 is 50.6 Å². The molecular weight excluding hydrogens is 752 g/mol. The molecule has 2 amide bonds. The molecule has 2 aliphatic rings. The molecule has 2 aromatic carbocycles. The van der Waals surface area contributed by atoms with Gasteiger partial charge in [0.25, 0.3) is 11.0 Å². The molecule has 1 aliphatic carbocycles. The van der Waals surface area contributed by atoms with E-state index in [-0.39, 0.29) is 70.8 Å². The van der Waals surface area contributed by atoms with E-state index in [1.165, 1.54) is 83.7 Å². The summed E-state index contributed by atoms with van der Waals surface area (Å²) in [4.78, 5) is 87.7. The van der Waals surface area contributed by atoms with Gasteiger partial charge in [0.05, 0.1) is 5.56 Å². The SMILES string of the molecule is O=C(CCNC(=O)c1ccc(C(=O)O)c(-c2c3ccc(=O)cc-3oc3cc(O)ccc23)c1)NCC(O)C[n+]1cccc(CC(O)(P(=O)(O)O)P(=O)(O)O)c1. The average Bonchev–Trinajstić information content (AvgIpc) is 3.08. The quantitative estimate of drug-likeness (QED) is 0.0428. The van der Waals surface area contributed by atoms with Crippen molar-refractivity contribution in [2.45, 2.75) is 30.6 Å². The number of phenols is 1. The average molecular weight is 787 g/mol. The molecule has 10 N–H and O–H groups in total. The Morgan fingerprint density at radius 2 is 1.63 bits per heavy atom. The number of aliphatic hydroxyl groups is 2. The molecule has 0 radical (unpaired) electrons. The number of aromatic hydroxyl groups is 1. The summed E-state index contributed by atoms with van der Waals surface area (Å²) in [6, 6.07) is 14.7. The van der Waals surface area contributed by atoms with Crippen LogP contribution in [0.2, 0.25) is 0 Å². The summed E-state index contributed by atoms with van der Waals surface area (Å²) in [6.45, 7) is -0.601. The highest BCUT2D eigenvalue weighted by atomic mass is 31.2. The molecule has 1 atom stereocenters. The number of carboxylic acids is 1. The highest BCUT2D eigenvalue weighted by molar-refractivity contribution is 7.72. The van der Waals surface area contributed by atoms with Crippen LogP contribution in [-0.4, -0.2) is 82.1 Å². The minimum atomic E-state index is -5.69. The zero-order valence-corrected chi connectivity index (χ0v) is 29.7. The summed E-state index contributed by atoms with van der Waals surface area (Å²) in [5.41, 5.74) is 0.451. The number of nitrogens with zero attached hydrogens (tertiary/aromatic N) is 1. The molecule has 18 nitrogen and oxygen atoms in total. The molecule has 1 aliphatic heterocycles. The third-order valence-electron chi connectivity index (χ3n) is 8.35. The van der Waals surface area contributed by atoms with Crippen molar-refractivity contribution in [2.75, 3.05) is 13.1 Å². The van der Waals surface area contributed by atoms with E-state index in [1.54, 1.807) is 0 Å². The van der Waals surface area contributed by atoms with Crippen LogP contribution in [0.1, 0.15) is 32.7 Å². The molecule has 0 saturated heterocycles. The second kappa shape index (κ2) is 15.6. The van der Waals surface area contributed by atoms with Crippen LogP contribution < -0.4 is 20.6 Å². The zero-order chi connectivity index (χ0) is 39.6. The monoisotopic (exact) mass is 786 g/mol. The number of carbonyl (C=O) groups is 3. The van der Waals surface area contributed by atoms with Crippen molar-refractivity contribution in [1.82, 2.24) is 10.6 Å². The number of phenolic OH excluding ortho intramolecular Hbond substituents is 1. The molecule has 1 unspecified atom stereocenters. The number of aliphatic hydroxyl groups excluding tert-OH is 1. The molecule has 54 heavy (non-hydrogen) atoms. The number of carbonyl (C=O) groups excluding carboxylic acids is 2. The lowest BCUT2D eigenvalue weighted by Crippen LogP contribution is -2.45. The molecule has 0 saturated carbocycles. The van der Waals surface area contributed by atoms with Gasteiger partial charge in [-0.2, -0.15) is 0 Å². The molecule has 0 fully saturated rings. The Bertz CT molecular complexity index is 2360. The standard InChI is InChI=1S/C34H33N3O15P2/c38-21-4-7-25-28(13-21)52-29-14-22(39)5-8-26(29)31(25)27-12-20(3-6-24(27)33(43)44)32(42)35-10-9-30(41)36-16-23(40)18-37-11-1-2-19(17-37)15-34(45,53(46,47)48)54(49,50)51/h1-8,11-14,17,23,40,45H,9-10,15-16,18H2,(H7-,35,36,38,39,41,42,43,44,46,47,48,49,50,51)/p+1. The minimum absolute atomic E-state index is 0.0476. The fraction of sp³-hybridized carbons (Fsp3) is 0.206. The summed E-state index contributed by atoms with van der Waals surface area (Å²) in [5.74, 6) is -2.51. The Balaban J connectivity index is 1.23. The first-order valence-electron chi connectivity index (χ1n) is 15.9. The second-order valence-corrected chi connectivity index (χ2v) is 16.3. The number of fused-ring (bicyclic) bond motifs is 2. The summed E-state index contributed by atoms with van der Waals surface area (Å²) >= 11 is 0. The number of rotatable bonds is 14. The number of nitrogens with one attached hydrogen (secondary N) is 2. The van der Waals surface area contributed by atoms with Crippen molar-refractivity contribution >= 4 is 43.9 Å². The molecular formula is C34H34N3O15P2+. The third kappa shape index (κ3) is 8.73. The second-order valence-electron chi connectivity index (χ2n) is 12.3. The van der Waals surface area contributed by atoms with Crippen molar-refractivity contribution in [3.63, 3.8) is 0 Å². The van der Waals surface area contributed by atoms with Gasteiger partial charge in [0, 0.05) is 71.8 Å². The van der Waals surface area contributed by atoms with Gasteiger partial charge in [-0.25, -0.2) is 9.36 Å². The molecule has 5 rings (SSSR count). The first kappa shape index (κ1) is 39.9. The number of hydrogen-bond acceptors (Lipinski definition) is 10. The highest BCUT2D eigenvalue weighted by Gasteiger charge is 2.59. The van der Waals surface area contributed by atoms with E-state index in [4.69, 9.17) is 4.42 Å². The number of pyridine rings is 1. The largest absolute Gasteiger partial charge is 0.508 e. The van der Waals surface area contributed by atoms with Gasteiger partial charge < -0.3 is 55.1 Å². The minimum Gasteiger partial charge on any atom is -0.508 e. The maximum Gasteiger partial charge on any atom is 0.369 e. The predicted molar refractivity (Wildman–Crippen MR) is 189 cm³/mol. The first-order chi connectivity index (χ1) is 25.3. The molecule has 0 spiro atoms. The van der Waals surface area contributed by atoms with Gasteiger partial charge in [-0.15, -0.1) is 0 Å². The van der Waals surface area contributed by atoms with Gasteiger partial charge in [-0.05, 0) is 54.1 Å². The summed E-state index contributed by atoms with van der Waals surface area (Å²) < 4.78 is 30.6. The van der Waals surface area contributed by atoms with Gasteiger partial charge in [0.1, 0.15) is 23.2 Å². The van der Waals surface area contributed by atoms with Crippen LogP contribution in [0.4, 0.5) is 0 Å². The van der Waals surface area contributed by atoms with Crippen molar-refractivity contribution in [2.24, 2.45) is 0 Å².